The molecule has 1 aromatic carbocycles. The van der Waals surface area contributed by atoms with E-state index >= 15 is 0 Å². The fourth-order valence-corrected chi connectivity index (χ4v) is 2.99. The van der Waals surface area contributed by atoms with Crippen LogP contribution in [0.4, 0.5) is 5.69 Å². The Balaban J connectivity index is 3.09. The maximum atomic E-state index is 12.3. The molecule has 0 amide bonds. The van der Waals surface area contributed by atoms with Gasteiger partial charge in [-0.2, -0.15) is 4.31 Å². The van der Waals surface area contributed by atoms with Gasteiger partial charge in [0.1, 0.15) is 0 Å². The molecule has 1 unspecified atom stereocenters. The first kappa shape index (κ1) is 14.9. The maximum Gasteiger partial charge on any atom is 0.243 e. The summed E-state index contributed by atoms with van der Waals surface area (Å²) in [4.78, 5) is 0.250. The third-order valence-corrected chi connectivity index (χ3v) is 4.91. The van der Waals surface area contributed by atoms with Gasteiger partial charge in [0.05, 0.1) is 11.5 Å². The third kappa shape index (κ3) is 3.01. The number of aryl methyl sites for hydroxylation is 1. The summed E-state index contributed by atoms with van der Waals surface area (Å²) < 4.78 is 31.0. The Labute approximate surface area is 109 Å². The highest BCUT2D eigenvalue weighted by atomic mass is 32.2. The van der Waals surface area contributed by atoms with Gasteiger partial charge in [-0.05, 0) is 37.6 Å². The minimum absolute atomic E-state index is 0.224. The molecular formula is C12H20N2O3S. The van der Waals surface area contributed by atoms with E-state index in [1.807, 2.05) is 0 Å². The Morgan fingerprint density at radius 1 is 1.44 bits per heavy atom. The van der Waals surface area contributed by atoms with E-state index in [1.165, 1.54) is 10.4 Å². The van der Waals surface area contributed by atoms with Crippen molar-refractivity contribution in [3.8, 4) is 0 Å². The van der Waals surface area contributed by atoms with Gasteiger partial charge in [-0.1, -0.05) is 0 Å². The molecule has 0 aliphatic rings. The van der Waals surface area contributed by atoms with Crippen molar-refractivity contribution in [2.75, 3.05) is 26.5 Å². The van der Waals surface area contributed by atoms with Gasteiger partial charge in [-0.25, -0.2) is 8.42 Å². The Kier molecular flexibility index (Phi) is 4.72. The summed E-state index contributed by atoms with van der Waals surface area (Å²) in [6, 6.07) is 4.49. The Morgan fingerprint density at radius 3 is 2.56 bits per heavy atom. The summed E-state index contributed by atoms with van der Waals surface area (Å²) in [5, 5.41) is 0. The topological polar surface area (TPSA) is 72.6 Å². The molecule has 0 aliphatic heterocycles. The molecule has 0 aromatic heterocycles. The molecule has 18 heavy (non-hydrogen) atoms. The first-order chi connectivity index (χ1) is 8.30. The van der Waals surface area contributed by atoms with E-state index in [0.717, 1.165) is 5.56 Å². The number of hydrogen-bond acceptors (Lipinski definition) is 4. The molecule has 0 spiro atoms. The summed E-state index contributed by atoms with van der Waals surface area (Å²) in [7, 11) is -0.410. The van der Waals surface area contributed by atoms with E-state index in [2.05, 4.69) is 0 Å². The Bertz CT molecular complexity index is 514. The van der Waals surface area contributed by atoms with Crippen LogP contribution in [-0.4, -0.2) is 39.5 Å². The molecule has 1 rings (SSSR count). The number of nitrogen functional groups attached to an aromatic ring is 1. The van der Waals surface area contributed by atoms with Crippen LogP contribution in [0.2, 0.25) is 0 Å². The Hall–Kier alpha value is -1.11. The molecule has 5 nitrogen and oxygen atoms in total. The van der Waals surface area contributed by atoms with Crippen molar-refractivity contribution in [3.63, 3.8) is 0 Å². The molecule has 0 radical (unpaired) electrons. The smallest absolute Gasteiger partial charge is 0.243 e. The van der Waals surface area contributed by atoms with Crippen LogP contribution in [0.15, 0.2) is 23.1 Å². The third-order valence-electron chi connectivity index (χ3n) is 2.95. The normalized spacial score (nSPS) is 13.8. The number of rotatable bonds is 5. The van der Waals surface area contributed by atoms with Crippen molar-refractivity contribution in [2.45, 2.75) is 24.8 Å². The van der Waals surface area contributed by atoms with Gasteiger partial charge in [0.25, 0.3) is 0 Å². The van der Waals surface area contributed by atoms with Crippen molar-refractivity contribution in [3.05, 3.63) is 23.8 Å². The summed E-state index contributed by atoms with van der Waals surface area (Å²) in [6.07, 6.45) is 0. The van der Waals surface area contributed by atoms with Gasteiger partial charge in [0.2, 0.25) is 10.0 Å². The van der Waals surface area contributed by atoms with Crippen LogP contribution in [-0.2, 0) is 14.8 Å². The second kappa shape index (κ2) is 5.69. The lowest BCUT2D eigenvalue weighted by Crippen LogP contribution is -2.37. The van der Waals surface area contributed by atoms with E-state index in [0.29, 0.717) is 12.3 Å². The first-order valence-corrected chi connectivity index (χ1v) is 7.07. The molecular weight excluding hydrogens is 252 g/mol. The first-order valence-electron chi connectivity index (χ1n) is 5.63. The molecule has 0 heterocycles. The highest BCUT2D eigenvalue weighted by Crippen LogP contribution is 2.21. The molecule has 6 heteroatoms. The van der Waals surface area contributed by atoms with E-state index in [-0.39, 0.29) is 10.9 Å². The van der Waals surface area contributed by atoms with E-state index in [9.17, 15) is 8.42 Å². The molecule has 0 fully saturated rings. The number of hydrogen-bond donors (Lipinski definition) is 1. The number of nitrogens with two attached hydrogens (primary N) is 1. The summed E-state index contributed by atoms with van der Waals surface area (Å²) in [5.74, 6) is 0. The molecule has 2 N–H and O–H groups in total. The van der Waals surface area contributed by atoms with E-state index < -0.39 is 10.0 Å². The largest absolute Gasteiger partial charge is 0.399 e. The standard InChI is InChI=1S/C12H20N2O3S/c1-9-7-11(5-6-12(9)13)18(15,16)14(3)10(2)8-17-4/h5-7,10H,8,13H2,1-4H3. The van der Waals surface area contributed by atoms with Crippen LogP contribution < -0.4 is 5.73 Å². The average molecular weight is 272 g/mol. The average Bonchev–Trinajstić information content (AvgIpc) is 2.31. The fourth-order valence-electron chi connectivity index (χ4n) is 1.56. The monoisotopic (exact) mass is 272 g/mol. The van der Waals surface area contributed by atoms with Gasteiger partial charge in [0, 0.05) is 25.9 Å². The zero-order chi connectivity index (χ0) is 13.9. The number of ether oxygens (including phenoxy) is 1. The maximum absolute atomic E-state index is 12.3. The van der Waals surface area contributed by atoms with Crippen LogP contribution >= 0.6 is 0 Å². The quantitative estimate of drug-likeness (QED) is 0.818. The SMILES string of the molecule is COCC(C)N(C)S(=O)(=O)c1ccc(N)c(C)c1. The van der Waals surface area contributed by atoms with Crippen molar-refractivity contribution in [1.82, 2.24) is 4.31 Å². The second-order valence-corrected chi connectivity index (χ2v) is 6.34. The van der Waals surface area contributed by atoms with Crippen molar-refractivity contribution >= 4 is 15.7 Å². The lowest BCUT2D eigenvalue weighted by Gasteiger charge is -2.23. The Morgan fingerprint density at radius 2 is 2.06 bits per heavy atom. The summed E-state index contributed by atoms with van der Waals surface area (Å²) in [5.41, 5.74) is 7.03. The molecule has 0 bridgehead atoms. The number of benzene rings is 1. The van der Waals surface area contributed by atoms with Gasteiger partial charge in [-0.3, -0.25) is 0 Å². The molecule has 1 atom stereocenters. The lowest BCUT2D eigenvalue weighted by molar-refractivity contribution is 0.149. The molecule has 102 valence electrons. The molecule has 0 saturated heterocycles. The van der Waals surface area contributed by atoms with Crippen molar-refractivity contribution < 1.29 is 13.2 Å². The van der Waals surface area contributed by atoms with Crippen molar-refractivity contribution in [1.29, 1.82) is 0 Å². The van der Waals surface area contributed by atoms with E-state index in [1.54, 1.807) is 40.1 Å². The zero-order valence-corrected chi connectivity index (χ0v) is 12.0. The van der Waals surface area contributed by atoms with Crippen LogP contribution in [0.1, 0.15) is 12.5 Å². The number of methoxy groups -OCH3 is 1. The van der Waals surface area contributed by atoms with Gasteiger partial charge in [-0.15, -0.1) is 0 Å². The highest BCUT2D eigenvalue weighted by molar-refractivity contribution is 7.89. The number of sulfonamides is 1. The summed E-state index contributed by atoms with van der Waals surface area (Å²) in [6.45, 7) is 3.93. The minimum atomic E-state index is -3.50. The molecule has 0 saturated carbocycles. The van der Waals surface area contributed by atoms with Crippen LogP contribution in [0.3, 0.4) is 0 Å². The van der Waals surface area contributed by atoms with Gasteiger partial charge in [0.15, 0.2) is 0 Å². The molecule has 1 aromatic rings. The van der Waals surface area contributed by atoms with Crippen molar-refractivity contribution in [2.24, 2.45) is 0 Å². The predicted molar refractivity (Wildman–Crippen MR) is 71.9 cm³/mol. The number of nitrogens with zero attached hydrogens (tertiary/aromatic N) is 1. The van der Waals surface area contributed by atoms with Crippen LogP contribution in [0, 0.1) is 6.92 Å². The summed E-state index contributed by atoms with van der Waals surface area (Å²) >= 11 is 0. The van der Waals surface area contributed by atoms with Gasteiger partial charge < -0.3 is 10.5 Å². The second-order valence-electron chi connectivity index (χ2n) is 4.34. The minimum Gasteiger partial charge on any atom is -0.399 e. The highest BCUT2D eigenvalue weighted by Gasteiger charge is 2.25. The fraction of sp³-hybridized carbons (Fsp3) is 0.500. The predicted octanol–water partition coefficient (Wildman–Crippen LogP) is 1.23. The zero-order valence-electron chi connectivity index (χ0n) is 11.2. The number of likely N-dealkylation sites (N-methyl/N-ethyl adjacent to an activating group) is 1. The van der Waals surface area contributed by atoms with Crippen LogP contribution in [0.5, 0.6) is 0 Å². The number of anilines is 1. The van der Waals surface area contributed by atoms with Gasteiger partial charge >= 0.3 is 0 Å². The van der Waals surface area contributed by atoms with E-state index in [4.69, 9.17) is 10.5 Å². The lowest BCUT2D eigenvalue weighted by atomic mass is 10.2. The van der Waals surface area contributed by atoms with Crippen LogP contribution in [0.25, 0.3) is 0 Å². The molecule has 0 aliphatic carbocycles.